The maximum Gasteiger partial charge on any atom is 0.150 e. The topological polar surface area (TPSA) is 17.1 Å². The molecule has 0 aliphatic heterocycles. The van der Waals surface area contributed by atoms with E-state index in [1.165, 1.54) is 5.56 Å². The number of carbonyl (C=O) groups excluding carboxylic acids is 1. The predicted octanol–water partition coefficient (Wildman–Crippen LogP) is 3.73. The van der Waals surface area contributed by atoms with Gasteiger partial charge in [-0.25, -0.2) is 0 Å². The Morgan fingerprint density at radius 2 is 1.81 bits per heavy atom. The first kappa shape index (κ1) is 10.6. The van der Waals surface area contributed by atoms with E-state index >= 15 is 0 Å². The largest absolute Gasteiger partial charge is 0.298 e. The molecule has 0 atom stereocenters. The summed E-state index contributed by atoms with van der Waals surface area (Å²) >= 11 is 0. The van der Waals surface area contributed by atoms with Crippen LogP contribution in [-0.2, 0) is 6.42 Å². The van der Waals surface area contributed by atoms with Crippen molar-refractivity contribution in [2.24, 2.45) is 0 Å². The van der Waals surface area contributed by atoms with E-state index in [1.54, 1.807) is 0 Å². The second kappa shape index (κ2) is 4.75. The van der Waals surface area contributed by atoms with Gasteiger partial charge >= 0.3 is 0 Å². The van der Waals surface area contributed by atoms with Crippen LogP contribution in [0.5, 0.6) is 0 Å². The van der Waals surface area contributed by atoms with Crippen LogP contribution in [0, 0.1) is 0 Å². The lowest BCUT2D eigenvalue weighted by Crippen LogP contribution is -1.90. The van der Waals surface area contributed by atoms with Crippen LogP contribution in [0.15, 0.2) is 48.5 Å². The Balaban J connectivity index is 2.53. The lowest BCUT2D eigenvalue weighted by atomic mass is 9.97. The molecule has 0 aliphatic carbocycles. The number of rotatable bonds is 3. The van der Waals surface area contributed by atoms with Crippen molar-refractivity contribution < 1.29 is 4.79 Å². The summed E-state index contributed by atoms with van der Waals surface area (Å²) in [5, 5.41) is 0. The maximum atomic E-state index is 11.1. The van der Waals surface area contributed by atoms with Crippen molar-refractivity contribution in [2.75, 3.05) is 0 Å². The number of aldehydes is 1. The van der Waals surface area contributed by atoms with Crippen LogP contribution < -0.4 is 0 Å². The van der Waals surface area contributed by atoms with Gasteiger partial charge in [0.25, 0.3) is 0 Å². The van der Waals surface area contributed by atoms with Gasteiger partial charge in [-0.15, -0.1) is 0 Å². The standard InChI is InChI=1S/C15H14O/c1-2-12-8-9-15(14(10-12)11-16)13-6-4-3-5-7-13/h3-11H,2H2,1H3. The summed E-state index contributed by atoms with van der Waals surface area (Å²) in [6.45, 7) is 2.09. The van der Waals surface area contributed by atoms with Gasteiger partial charge in [0.05, 0.1) is 0 Å². The minimum absolute atomic E-state index is 0.769. The van der Waals surface area contributed by atoms with Crippen LogP contribution in [0.4, 0.5) is 0 Å². The molecular formula is C15H14O. The fourth-order valence-corrected chi connectivity index (χ4v) is 1.81. The third kappa shape index (κ3) is 2.03. The van der Waals surface area contributed by atoms with Crippen LogP contribution in [0.25, 0.3) is 11.1 Å². The normalized spacial score (nSPS) is 10.1. The molecule has 2 aromatic carbocycles. The summed E-state index contributed by atoms with van der Waals surface area (Å²) in [4.78, 5) is 11.1. The monoisotopic (exact) mass is 210 g/mol. The SMILES string of the molecule is CCc1ccc(-c2ccccc2)c(C=O)c1. The van der Waals surface area contributed by atoms with Crippen molar-refractivity contribution in [3.63, 3.8) is 0 Å². The van der Waals surface area contributed by atoms with Gasteiger partial charge < -0.3 is 0 Å². The third-order valence-corrected chi connectivity index (χ3v) is 2.74. The maximum absolute atomic E-state index is 11.1. The first-order valence-corrected chi connectivity index (χ1v) is 5.48. The quantitative estimate of drug-likeness (QED) is 0.705. The molecule has 0 fully saturated rings. The zero-order valence-electron chi connectivity index (χ0n) is 9.31. The van der Waals surface area contributed by atoms with Gasteiger partial charge in [0.2, 0.25) is 0 Å². The van der Waals surface area contributed by atoms with E-state index in [0.717, 1.165) is 29.4 Å². The van der Waals surface area contributed by atoms with Crippen molar-refractivity contribution in [3.05, 3.63) is 59.7 Å². The molecule has 0 bridgehead atoms. The highest BCUT2D eigenvalue weighted by molar-refractivity contribution is 5.87. The van der Waals surface area contributed by atoms with Crippen molar-refractivity contribution in [1.29, 1.82) is 0 Å². The Morgan fingerprint density at radius 1 is 1.06 bits per heavy atom. The Labute approximate surface area is 95.7 Å². The molecule has 0 unspecified atom stereocenters. The van der Waals surface area contributed by atoms with E-state index in [1.807, 2.05) is 42.5 Å². The molecule has 0 aliphatic rings. The van der Waals surface area contributed by atoms with Crippen LogP contribution in [0.2, 0.25) is 0 Å². The van der Waals surface area contributed by atoms with Gasteiger partial charge in [0, 0.05) is 5.56 Å². The molecule has 80 valence electrons. The highest BCUT2D eigenvalue weighted by Crippen LogP contribution is 2.23. The third-order valence-electron chi connectivity index (χ3n) is 2.74. The van der Waals surface area contributed by atoms with Gasteiger partial charge in [-0.3, -0.25) is 4.79 Å². The molecule has 2 aromatic rings. The fourth-order valence-electron chi connectivity index (χ4n) is 1.81. The summed E-state index contributed by atoms with van der Waals surface area (Å²) in [6.07, 6.45) is 1.89. The molecule has 1 nitrogen and oxygen atoms in total. The number of hydrogen-bond donors (Lipinski definition) is 0. The molecule has 0 amide bonds. The summed E-state index contributed by atoms with van der Waals surface area (Å²) in [6, 6.07) is 16.1. The Morgan fingerprint density at radius 3 is 2.44 bits per heavy atom. The molecule has 0 N–H and O–H groups in total. The fraction of sp³-hybridized carbons (Fsp3) is 0.133. The highest BCUT2D eigenvalue weighted by Gasteiger charge is 2.04. The molecule has 0 aromatic heterocycles. The van der Waals surface area contributed by atoms with Crippen molar-refractivity contribution in [3.8, 4) is 11.1 Å². The average Bonchev–Trinajstić information content (AvgIpc) is 2.39. The Bertz CT molecular complexity index is 486. The van der Waals surface area contributed by atoms with Crippen LogP contribution in [0.3, 0.4) is 0 Å². The second-order valence-corrected chi connectivity index (χ2v) is 3.76. The first-order chi connectivity index (χ1) is 7.85. The summed E-state index contributed by atoms with van der Waals surface area (Å²) in [5.74, 6) is 0. The highest BCUT2D eigenvalue weighted by atomic mass is 16.1. The van der Waals surface area contributed by atoms with Crippen molar-refractivity contribution >= 4 is 6.29 Å². The molecular weight excluding hydrogens is 196 g/mol. The van der Waals surface area contributed by atoms with Crippen LogP contribution in [-0.4, -0.2) is 6.29 Å². The van der Waals surface area contributed by atoms with Gasteiger partial charge in [0.1, 0.15) is 0 Å². The summed E-state index contributed by atoms with van der Waals surface area (Å²) in [5.41, 5.74) is 4.06. The van der Waals surface area contributed by atoms with Gasteiger partial charge in [-0.05, 0) is 29.2 Å². The minimum Gasteiger partial charge on any atom is -0.298 e. The van der Waals surface area contributed by atoms with E-state index in [0.29, 0.717) is 0 Å². The Hall–Kier alpha value is -1.89. The molecule has 2 rings (SSSR count). The molecule has 0 saturated heterocycles. The molecule has 1 heteroatoms. The molecule has 0 heterocycles. The van der Waals surface area contributed by atoms with E-state index in [9.17, 15) is 4.79 Å². The van der Waals surface area contributed by atoms with Crippen LogP contribution in [0.1, 0.15) is 22.8 Å². The summed E-state index contributed by atoms with van der Waals surface area (Å²) < 4.78 is 0. The summed E-state index contributed by atoms with van der Waals surface area (Å²) in [7, 11) is 0. The van der Waals surface area contributed by atoms with E-state index in [2.05, 4.69) is 13.0 Å². The number of aryl methyl sites for hydroxylation is 1. The lowest BCUT2D eigenvalue weighted by molar-refractivity contribution is 0.112. The second-order valence-electron chi connectivity index (χ2n) is 3.76. The van der Waals surface area contributed by atoms with E-state index < -0.39 is 0 Å². The number of hydrogen-bond acceptors (Lipinski definition) is 1. The van der Waals surface area contributed by atoms with E-state index in [4.69, 9.17) is 0 Å². The van der Waals surface area contributed by atoms with Gasteiger partial charge in [-0.1, -0.05) is 49.4 Å². The molecule has 0 saturated carbocycles. The zero-order valence-corrected chi connectivity index (χ0v) is 9.31. The lowest BCUT2D eigenvalue weighted by Gasteiger charge is -2.06. The minimum atomic E-state index is 0.769. The smallest absolute Gasteiger partial charge is 0.150 e. The Kier molecular flexibility index (Phi) is 3.16. The number of carbonyl (C=O) groups is 1. The average molecular weight is 210 g/mol. The van der Waals surface area contributed by atoms with Crippen molar-refractivity contribution in [1.82, 2.24) is 0 Å². The van der Waals surface area contributed by atoms with Gasteiger partial charge in [0.15, 0.2) is 6.29 Å². The van der Waals surface area contributed by atoms with Crippen molar-refractivity contribution in [2.45, 2.75) is 13.3 Å². The number of benzene rings is 2. The predicted molar refractivity (Wildman–Crippen MR) is 66.6 cm³/mol. The zero-order chi connectivity index (χ0) is 11.4. The molecule has 0 spiro atoms. The first-order valence-electron chi connectivity index (χ1n) is 5.48. The molecule has 0 radical (unpaired) electrons. The van der Waals surface area contributed by atoms with E-state index in [-0.39, 0.29) is 0 Å². The van der Waals surface area contributed by atoms with Gasteiger partial charge in [-0.2, -0.15) is 0 Å². The molecule has 16 heavy (non-hydrogen) atoms. The van der Waals surface area contributed by atoms with Crippen LogP contribution >= 0.6 is 0 Å².